The number of carbonyl (C=O) groups is 2. The largest absolute Gasteiger partial charge is 0.480 e. The fraction of sp³-hybridized carbons (Fsp3) is 0.200. The van der Waals surface area contributed by atoms with E-state index < -0.39 is 12.6 Å². The minimum atomic E-state index is -1.06. The summed E-state index contributed by atoms with van der Waals surface area (Å²) < 4.78 is 5.14. The molecule has 1 aromatic carbocycles. The summed E-state index contributed by atoms with van der Waals surface area (Å²) in [4.78, 5) is 23.6. The number of aliphatic carboxylic acids is 1. The van der Waals surface area contributed by atoms with Gasteiger partial charge in [0.05, 0.1) is 5.69 Å². The quantitative estimate of drug-likeness (QED) is 0.824. The normalized spacial score (nSPS) is 10.1. The number of para-hydroxylation sites is 2. The van der Waals surface area contributed by atoms with Crippen molar-refractivity contribution in [3.63, 3.8) is 0 Å². The molecule has 1 heterocycles. The van der Waals surface area contributed by atoms with Crippen molar-refractivity contribution in [1.29, 1.82) is 0 Å². The summed E-state index contributed by atoms with van der Waals surface area (Å²) in [7, 11) is 0. The Morgan fingerprint density at radius 2 is 2.00 bits per heavy atom. The molecule has 2 rings (SSSR count). The highest BCUT2D eigenvalue weighted by molar-refractivity contribution is 7.09. The molecular formula is C15H15NO4S. The standard InChI is InChI=1S/C15H15NO4S/c17-14(8-7-11-4-3-9-21-11)16-12-5-1-2-6-13(12)20-10-15(18)19/h1-6,9H,7-8,10H2,(H,16,17)(H,18,19). The average Bonchev–Trinajstić information content (AvgIpc) is 2.97. The molecule has 2 N–H and O–H groups in total. The van der Waals surface area contributed by atoms with Gasteiger partial charge in [0, 0.05) is 11.3 Å². The van der Waals surface area contributed by atoms with Crippen LogP contribution in [0.4, 0.5) is 5.69 Å². The van der Waals surface area contributed by atoms with Gasteiger partial charge in [-0.25, -0.2) is 4.79 Å². The SMILES string of the molecule is O=C(O)COc1ccccc1NC(=O)CCc1cccs1. The molecule has 110 valence electrons. The molecule has 1 amide bonds. The van der Waals surface area contributed by atoms with E-state index in [-0.39, 0.29) is 5.91 Å². The predicted molar refractivity (Wildman–Crippen MR) is 80.8 cm³/mol. The van der Waals surface area contributed by atoms with Gasteiger partial charge in [-0.05, 0) is 30.0 Å². The number of hydrogen-bond donors (Lipinski definition) is 2. The lowest BCUT2D eigenvalue weighted by atomic mass is 10.2. The van der Waals surface area contributed by atoms with Crippen LogP contribution in [0.3, 0.4) is 0 Å². The Kier molecular flexibility index (Phi) is 5.34. The number of carboxylic acids is 1. The number of carboxylic acid groups (broad SMARTS) is 1. The highest BCUT2D eigenvalue weighted by atomic mass is 32.1. The summed E-state index contributed by atoms with van der Waals surface area (Å²) in [6.45, 7) is -0.442. The van der Waals surface area contributed by atoms with Gasteiger partial charge in [-0.15, -0.1) is 11.3 Å². The first-order valence-electron chi connectivity index (χ1n) is 6.41. The number of anilines is 1. The van der Waals surface area contributed by atoms with Crippen LogP contribution in [0.15, 0.2) is 41.8 Å². The molecule has 0 aliphatic rings. The zero-order chi connectivity index (χ0) is 15.1. The molecule has 0 radical (unpaired) electrons. The Balaban J connectivity index is 1.92. The lowest BCUT2D eigenvalue weighted by molar-refractivity contribution is -0.139. The van der Waals surface area contributed by atoms with E-state index in [1.165, 1.54) is 0 Å². The molecule has 1 aromatic heterocycles. The van der Waals surface area contributed by atoms with Gasteiger partial charge in [0.25, 0.3) is 0 Å². The van der Waals surface area contributed by atoms with Crippen LogP contribution in [0.5, 0.6) is 5.75 Å². The second-order valence-corrected chi connectivity index (χ2v) is 5.34. The fourth-order valence-electron chi connectivity index (χ4n) is 1.74. The van der Waals surface area contributed by atoms with E-state index >= 15 is 0 Å². The van der Waals surface area contributed by atoms with Crippen molar-refractivity contribution < 1.29 is 19.4 Å². The van der Waals surface area contributed by atoms with Crippen LogP contribution in [0.25, 0.3) is 0 Å². The molecule has 5 nitrogen and oxygen atoms in total. The molecule has 0 bridgehead atoms. The topological polar surface area (TPSA) is 75.6 Å². The Labute approximate surface area is 126 Å². The molecule has 2 aromatic rings. The van der Waals surface area contributed by atoms with Crippen molar-refractivity contribution in [1.82, 2.24) is 0 Å². The first-order chi connectivity index (χ1) is 10.1. The van der Waals surface area contributed by atoms with Gasteiger partial charge in [0.1, 0.15) is 5.75 Å². The minimum absolute atomic E-state index is 0.130. The van der Waals surface area contributed by atoms with Crippen LogP contribution >= 0.6 is 11.3 Å². The second-order valence-electron chi connectivity index (χ2n) is 4.31. The summed E-state index contributed by atoms with van der Waals surface area (Å²) in [6, 6.07) is 10.7. The van der Waals surface area contributed by atoms with Crippen molar-refractivity contribution in [2.45, 2.75) is 12.8 Å². The highest BCUT2D eigenvalue weighted by Gasteiger charge is 2.09. The van der Waals surface area contributed by atoms with Crippen molar-refractivity contribution >= 4 is 28.9 Å². The third-order valence-electron chi connectivity index (χ3n) is 2.69. The van der Waals surface area contributed by atoms with E-state index in [4.69, 9.17) is 9.84 Å². The number of benzene rings is 1. The number of rotatable bonds is 7. The van der Waals surface area contributed by atoms with Gasteiger partial charge >= 0.3 is 5.97 Å². The Hall–Kier alpha value is -2.34. The number of hydrogen-bond acceptors (Lipinski definition) is 4. The minimum Gasteiger partial charge on any atom is -0.480 e. The third kappa shape index (κ3) is 4.92. The summed E-state index contributed by atoms with van der Waals surface area (Å²) in [6.07, 6.45) is 1.05. The van der Waals surface area contributed by atoms with Crippen molar-refractivity contribution in [2.24, 2.45) is 0 Å². The van der Waals surface area contributed by atoms with Crippen molar-refractivity contribution in [2.75, 3.05) is 11.9 Å². The fourth-order valence-corrected chi connectivity index (χ4v) is 2.45. The molecule has 0 saturated heterocycles. The highest BCUT2D eigenvalue weighted by Crippen LogP contribution is 2.24. The number of aryl methyl sites for hydroxylation is 1. The molecule has 0 spiro atoms. The molecule has 0 aliphatic carbocycles. The van der Waals surface area contributed by atoms with Crippen molar-refractivity contribution in [3.8, 4) is 5.75 Å². The lowest BCUT2D eigenvalue weighted by Gasteiger charge is -2.11. The van der Waals surface area contributed by atoms with Gasteiger partial charge in [-0.1, -0.05) is 18.2 Å². The first kappa shape index (κ1) is 15.1. The zero-order valence-electron chi connectivity index (χ0n) is 11.2. The van der Waals surface area contributed by atoms with Gasteiger partial charge < -0.3 is 15.2 Å². The maximum absolute atomic E-state index is 11.9. The third-order valence-corrected chi connectivity index (χ3v) is 3.63. The summed E-state index contributed by atoms with van der Waals surface area (Å²) in [5.74, 6) is -0.840. The molecular weight excluding hydrogens is 290 g/mol. The van der Waals surface area contributed by atoms with Crippen LogP contribution in [-0.2, 0) is 16.0 Å². The second kappa shape index (κ2) is 7.44. The summed E-state index contributed by atoms with van der Waals surface area (Å²) in [5, 5.41) is 13.3. The van der Waals surface area contributed by atoms with E-state index in [0.29, 0.717) is 24.3 Å². The summed E-state index contributed by atoms with van der Waals surface area (Å²) >= 11 is 1.62. The maximum Gasteiger partial charge on any atom is 0.341 e. The van der Waals surface area contributed by atoms with Crippen LogP contribution in [0, 0.1) is 0 Å². The van der Waals surface area contributed by atoms with Gasteiger partial charge in [-0.2, -0.15) is 0 Å². The van der Waals surface area contributed by atoms with Gasteiger partial charge in [0.15, 0.2) is 6.61 Å². The Morgan fingerprint density at radius 3 is 2.71 bits per heavy atom. The predicted octanol–water partition coefficient (Wildman–Crippen LogP) is 2.78. The van der Waals surface area contributed by atoms with E-state index in [0.717, 1.165) is 4.88 Å². The molecule has 0 fully saturated rings. The summed E-state index contributed by atoms with van der Waals surface area (Å²) in [5.41, 5.74) is 0.481. The van der Waals surface area contributed by atoms with Crippen LogP contribution in [-0.4, -0.2) is 23.6 Å². The number of ether oxygens (including phenoxy) is 1. The zero-order valence-corrected chi connectivity index (χ0v) is 12.1. The van der Waals surface area contributed by atoms with E-state index in [1.807, 2.05) is 17.5 Å². The molecule has 0 saturated carbocycles. The number of nitrogens with one attached hydrogen (secondary N) is 1. The maximum atomic E-state index is 11.9. The molecule has 0 atom stereocenters. The average molecular weight is 305 g/mol. The molecule has 21 heavy (non-hydrogen) atoms. The lowest BCUT2D eigenvalue weighted by Crippen LogP contribution is -2.15. The number of carbonyl (C=O) groups excluding carboxylic acids is 1. The van der Waals surface area contributed by atoms with E-state index in [1.54, 1.807) is 35.6 Å². The number of thiophene rings is 1. The van der Waals surface area contributed by atoms with Crippen LogP contribution in [0.1, 0.15) is 11.3 Å². The van der Waals surface area contributed by atoms with Gasteiger partial charge in [-0.3, -0.25) is 4.79 Å². The van der Waals surface area contributed by atoms with E-state index in [9.17, 15) is 9.59 Å². The van der Waals surface area contributed by atoms with Crippen molar-refractivity contribution in [3.05, 3.63) is 46.7 Å². The Morgan fingerprint density at radius 1 is 1.19 bits per heavy atom. The molecule has 6 heteroatoms. The van der Waals surface area contributed by atoms with E-state index in [2.05, 4.69) is 5.32 Å². The molecule has 0 unspecified atom stereocenters. The number of amides is 1. The first-order valence-corrected chi connectivity index (χ1v) is 7.29. The van der Waals surface area contributed by atoms with Crippen LogP contribution in [0.2, 0.25) is 0 Å². The van der Waals surface area contributed by atoms with Gasteiger partial charge in [0.2, 0.25) is 5.91 Å². The van der Waals surface area contributed by atoms with Crippen LogP contribution < -0.4 is 10.1 Å². The smallest absolute Gasteiger partial charge is 0.341 e. The monoisotopic (exact) mass is 305 g/mol. The Bertz CT molecular complexity index is 610. The molecule has 0 aliphatic heterocycles.